The number of rotatable bonds is 5. The molecule has 0 radical (unpaired) electrons. The van der Waals surface area contributed by atoms with E-state index in [4.69, 9.17) is 0 Å². The van der Waals surface area contributed by atoms with Gasteiger partial charge < -0.3 is 14.8 Å². The van der Waals surface area contributed by atoms with Crippen LogP contribution in [-0.2, 0) is 22.6 Å². The summed E-state index contributed by atoms with van der Waals surface area (Å²) in [4.78, 5) is 32.4. The molecular weight excluding hydrogens is 388 g/mol. The maximum Gasteiger partial charge on any atom is 0.226 e. The summed E-state index contributed by atoms with van der Waals surface area (Å²) < 4.78 is 2.23. The highest BCUT2D eigenvalue weighted by atomic mass is 16.2. The second kappa shape index (κ2) is 8.95. The summed E-state index contributed by atoms with van der Waals surface area (Å²) in [5.41, 5.74) is 1.52. The molecule has 4 rings (SSSR count). The van der Waals surface area contributed by atoms with E-state index in [-0.39, 0.29) is 23.8 Å². The molecule has 6 nitrogen and oxygen atoms in total. The third-order valence-electron chi connectivity index (χ3n) is 7.79. The Kier molecular flexibility index (Phi) is 6.45. The van der Waals surface area contributed by atoms with E-state index in [2.05, 4.69) is 40.5 Å². The minimum atomic E-state index is 0.0471. The second-order valence-corrected chi connectivity index (χ2v) is 11.3. The maximum atomic E-state index is 13.3. The van der Waals surface area contributed by atoms with Crippen molar-refractivity contribution in [1.29, 1.82) is 0 Å². The number of nitrogens with one attached hydrogen (secondary N) is 1. The Bertz CT molecular complexity index is 814. The van der Waals surface area contributed by atoms with Crippen LogP contribution in [0, 0.1) is 30.1 Å². The molecule has 1 saturated carbocycles. The van der Waals surface area contributed by atoms with Crippen LogP contribution in [0.25, 0.3) is 0 Å². The Morgan fingerprint density at radius 1 is 1.23 bits per heavy atom. The second-order valence-electron chi connectivity index (χ2n) is 11.3. The third-order valence-corrected chi connectivity index (χ3v) is 7.79. The average molecular weight is 429 g/mol. The number of aryl methyl sites for hydroxylation is 1. The topological polar surface area (TPSA) is 67.2 Å². The van der Waals surface area contributed by atoms with Crippen molar-refractivity contribution in [3.8, 4) is 0 Å². The van der Waals surface area contributed by atoms with Gasteiger partial charge in [-0.25, -0.2) is 4.98 Å². The zero-order valence-electron chi connectivity index (χ0n) is 19.8. The largest absolute Gasteiger partial charge is 0.354 e. The van der Waals surface area contributed by atoms with Gasteiger partial charge in [-0.2, -0.15) is 0 Å². The molecular formula is C25H40N4O2. The minimum Gasteiger partial charge on any atom is -0.354 e. The van der Waals surface area contributed by atoms with Crippen LogP contribution in [0.1, 0.15) is 77.2 Å². The van der Waals surface area contributed by atoms with Crippen LogP contribution in [0.15, 0.2) is 6.20 Å². The van der Waals surface area contributed by atoms with Crippen molar-refractivity contribution in [3.05, 3.63) is 17.7 Å². The molecule has 4 atom stereocenters. The highest BCUT2D eigenvalue weighted by molar-refractivity contribution is 5.80. The zero-order chi connectivity index (χ0) is 22.2. The summed E-state index contributed by atoms with van der Waals surface area (Å²) in [6.07, 6.45) is 9.78. The fourth-order valence-corrected chi connectivity index (χ4v) is 6.67. The molecule has 2 fully saturated rings. The molecule has 172 valence electrons. The monoisotopic (exact) mass is 428 g/mol. The van der Waals surface area contributed by atoms with E-state index in [1.165, 1.54) is 12.1 Å². The summed E-state index contributed by atoms with van der Waals surface area (Å²) >= 11 is 0. The number of likely N-dealkylation sites (tertiary alicyclic amines) is 1. The molecule has 1 N–H and O–H groups in total. The van der Waals surface area contributed by atoms with Crippen LogP contribution in [0.4, 0.5) is 0 Å². The highest BCUT2D eigenvalue weighted by Crippen LogP contribution is 2.42. The lowest BCUT2D eigenvalue weighted by molar-refractivity contribution is -0.137. The van der Waals surface area contributed by atoms with Gasteiger partial charge in [0.2, 0.25) is 11.8 Å². The van der Waals surface area contributed by atoms with Crippen LogP contribution >= 0.6 is 0 Å². The average Bonchev–Trinajstić information content (AvgIpc) is 3.30. The van der Waals surface area contributed by atoms with E-state index in [0.717, 1.165) is 57.4 Å². The molecule has 3 aliphatic rings. The Morgan fingerprint density at radius 3 is 2.81 bits per heavy atom. The number of hydrogen-bond acceptors (Lipinski definition) is 3. The van der Waals surface area contributed by atoms with Crippen LogP contribution in [0.2, 0.25) is 0 Å². The van der Waals surface area contributed by atoms with Crippen LogP contribution in [0.5, 0.6) is 0 Å². The first-order chi connectivity index (χ1) is 14.7. The highest BCUT2D eigenvalue weighted by Gasteiger charge is 2.36. The van der Waals surface area contributed by atoms with E-state index in [1.54, 1.807) is 0 Å². The predicted octanol–water partition coefficient (Wildman–Crippen LogP) is 3.71. The van der Waals surface area contributed by atoms with E-state index in [9.17, 15) is 9.59 Å². The van der Waals surface area contributed by atoms with Gasteiger partial charge in [0.25, 0.3) is 0 Å². The van der Waals surface area contributed by atoms with Crippen molar-refractivity contribution in [1.82, 2.24) is 19.8 Å². The maximum absolute atomic E-state index is 13.3. The van der Waals surface area contributed by atoms with Crippen molar-refractivity contribution in [2.24, 2.45) is 23.2 Å². The summed E-state index contributed by atoms with van der Waals surface area (Å²) in [5.74, 6) is 2.69. The van der Waals surface area contributed by atoms with Crippen molar-refractivity contribution in [2.45, 2.75) is 91.6 Å². The van der Waals surface area contributed by atoms with Crippen LogP contribution < -0.4 is 5.32 Å². The lowest BCUT2D eigenvalue weighted by Gasteiger charge is -2.39. The van der Waals surface area contributed by atoms with Gasteiger partial charge in [0.1, 0.15) is 5.82 Å². The third kappa shape index (κ3) is 5.15. The molecule has 31 heavy (non-hydrogen) atoms. The first-order valence-corrected chi connectivity index (χ1v) is 12.3. The predicted molar refractivity (Wildman–Crippen MR) is 121 cm³/mol. The lowest BCUT2D eigenvalue weighted by Crippen LogP contribution is -2.46. The Labute approximate surface area is 187 Å². The molecule has 3 heterocycles. The number of carbonyl (C=O) groups excluding carboxylic acids is 2. The summed E-state index contributed by atoms with van der Waals surface area (Å²) in [6.45, 7) is 11.3. The molecule has 1 aromatic heterocycles. The van der Waals surface area contributed by atoms with Gasteiger partial charge in [-0.15, -0.1) is 0 Å². The number of carbonyl (C=O) groups is 2. The number of fused-ring (bicyclic) bond motifs is 1. The summed E-state index contributed by atoms with van der Waals surface area (Å²) in [5, 5.41) is 3.17. The Hall–Kier alpha value is -1.85. The smallest absolute Gasteiger partial charge is 0.226 e. The lowest BCUT2D eigenvalue weighted by atomic mass is 9.67. The normalized spacial score (nSPS) is 30.1. The van der Waals surface area contributed by atoms with Gasteiger partial charge >= 0.3 is 0 Å². The Morgan fingerprint density at radius 2 is 2.03 bits per heavy atom. The van der Waals surface area contributed by atoms with E-state index >= 15 is 0 Å². The van der Waals surface area contributed by atoms with Crippen molar-refractivity contribution < 1.29 is 9.59 Å². The van der Waals surface area contributed by atoms with Gasteiger partial charge in [-0.3, -0.25) is 9.59 Å². The van der Waals surface area contributed by atoms with E-state index in [0.29, 0.717) is 30.2 Å². The van der Waals surface area contributed by atoms with Crippen molar-refractivity contribution >= 4 is 11.8 Å². The Balaban J connectivity index is 1.28. The number of imidazole rings is 1. The molecule has 1 saturated heterocycles. The van der Waals surface area contributed by atoms with Crippen molar-refractivity contribution in [2.75, 3.05) is 13.1 Å². The molecule has 1 aromatic rings. The fourth-order valence-electron chi connectivity index (χ4n) is 6.67. The summed E-state index contributed by atoms with van der Waals surface area (Å²) in [7, 11) is 0. The standard InChI is InChI=1S/C25H40N4O2/c1-17-10-19(14-25(3,4)13-17)11-23(30)27-15-21-6-5-8-29(21)24(31)20-7-9-28-18(2)26-16-22(28)12-20/h16-17,19-21H,5-15H2,1-4H3,(H,27,30). The molecule has 0 spiro atoms. The van der Waals surface area contributed by atoms with Crippen molar-refractivity contribution in [3.63, 3.8) is 0 Å². The zero-order valence-corrected chi connectivity index (χ0v) is 19.8. The molecule has 4 unspecified atom stereocenters. The van der Waals surface area contributed by atoms with Gasteiger partial charge in [-0.1, -0.05) is 20.8 Å². The summed E-state index contributed by atoms with van der Waals surface area (Å²) in [6, 6.07) is 0.145. The molecule has 1 aliphatic carbocycles. The number of hydrogen-bond donors (Lipinski definition) is 1. The van der Waals surface area contributed by atoms with E-state index in [1.807, 2.05) is 13.1 Å². The molecule has 0 bridgehead atoms. The minimum absolute atomic E-state index is 0.0471. The number of amides is 2. The number of nitrogens with zero attached hydrogens (tertiary/aromatic N) is 3. The quantitative estimate of drug-likeness (QED) is 0.777. The van der Waals surface area contributed by atoms with Crippen LogP contribution in [-0.4, -0.2) is 45.4 Å². The van der Waals surface area contributed by atoms with E-state index < -0.39 is 0 Å². The van der Waals surface area contributed by atoms with Gasteiger partial charge in [0.15, 0.2) is 0 Å². The molecule has 0 aromatic carbocycles. The molecule has 2 aliphatic heterocycles. The molecule has 2 amide bonds. The fraction of sp³-hybridized carbons (Fsp3) is 0.800. The van der Waals surface area contributed by atoms with Gasteiger partial charge in [0.05, 0.1) is 0 Å². The van der Waals surface area contributed by atoms with Crippen LogP contribution in [0.3, 0.4) is 0 Å². The SMILES string of the molecule is Cc1ncc2n1CCC(C(=O)N1CCCC1CNC(=O)CC1CC(C)CC(C)(C)C1)C2. The molecule has 6 heteroatoms. The van der Waals surface area contributed by atoms with Gasteiger partial charge in [-0.05, 0) is 62.7 Å². The first kappa shape index (κ1) is 22.3. The van der Waals surface area contributed by atoms with Gasteiger partial charge in [0, 0.05) is 56.3 Å². The first-order valence-electron chi connectivity index (χ1n) is 12.3. The number of aromatic nitrogens is 2.